The third-order valence-corrected chi connectivity index (χ3v) is 3.04. The minimum atomic E-state index is -1.05. The highest BCUT2D eigenvalue weighted by atomic mass is 16.5. The van der Waals surface area contributed by atoms with Gasteiger partial charge < -0.3 is 10.5 Å². The molecule has 0 saturated heterocycles. The number of fused-ring (bicyclic) bond motifs is 1. The number of methoxy groups -OCH3 is 1. The molecular formula is C13H14N2O4. The number of hydrogen-bond donors (Lipinski definition) is 1. The third kappa shape index (κ3) is 2.34. The van der Waals surface area contributed by atoms with Gasteiger partial charge in [-0.15, -0.1) is 0 Å². The van der Waals surface area contributed by atoms with E-state index in [0.29, 0.717) is 18.7 Å². The summed E-state index contributed by atoms with van der Waals surface area (Å²) >= 11 is 0. The Morgan fingerprint density at radius 1 is 1.37 bits per heavy atom. The minimum absolute atomic E-state index is 0.184. The molecule has 0 aromatic heterocycles. The van der Waals surface area contributed by atoms with Crippen molar-refractivity contribution in [1.29, 1.82) is 0 Å². The number of amides is 2. The van der Waals surface area contributed by atoms with Crippen LogP contribution in [0.2, 0.25) is 0 Å². The van der Waals surface area contributed by atoms with Crippen molar-refractivity contribution in [2.75, 3.05) is 12.0 Å². The Morgan fingerprint density at radius 3 is 2.74 bits per heavy atom. The maximum absolute atomic E-state index is 11.9. The van der Waals surface area contributed by atoms with Crippen molar-refractivity contribution in [2.24, 2.45) is 5.73 Å². The zero-order valence-electron chi connectivity index (χ0n) is 10.5. The summed E-state index contributed by atoms with van der Waals surface area (Å²) in [6.07, 6.45) is 0.719. The van der Waals surface area contributed by atoms with Gasteiger partial charge in [0.05, 0.1) is 12.8 Å². The Morgan fingerprint density at radius 2 is 2.11 bits per heavy atom. The smallest absolute Gasteiger partial charge is 0.397 e. The molecule has 2 N–H and O–H groups in total. The highest BCUT2D eigenvalue weighted by Gasteiger charge is 2.33. The quantitative estimate of drug-likeness (QED) is 0.573. The van der Waals surface area contributed by atoms with Gasteiger partial charge in [0.25, 0.3) is 0 Å². The second-order valence-corrected chi connectivity index (χ2v) is 4.19. The summed E-state index contributed by atoms with van der Waals surface area (Å²) < 4.78 is 4.37. The van der Waals surface area contributed by atoms with Crippen molar-refractivity contribution in [3.8, 4) is 0 Å². The van der Waals surface area contributed by atoms with Crippen molar-refractivity contribution in [2.45, 2.75) is 19.4 Å². The van der Waals surface area contributed by atoms with Crippen molar-refractivity contribution >= 4 is 23.5 Å². The van der Waals surface area contributed by atoms with Crippen molar-refractivity contribution in [3.05, 3.63) is 29.3 Å². The lowest BCUT2D eigenvalue weighted by Gasteiger charge is -2.27. The zero-order chi connectivity index (χ0) is 14.0. The summed E-state index contributed by atoms with van der Waals surface area (Å²) in [6.45, 7) is 0.381. The molecule has 0 unspecified atom stereocenters. The molecule has 1 aliphatic rings. The van der Waals surface area contributed by atoms with E-state index in [-0.39, 0.29) is 6.42 Å². The fourth-order valence-electron chi connectivity index (χ4n) is 2.07. The van der Waals surface area contributed by atoms with E-state index >= 15 is 0 Å². The molecule has 1 aromatic carbocycles. The molecule has 0 saturated carbocycles. The number of ether oxygens (including phenoxy) is 1. The van der Waals surface area contributed by atoms with E-state index in [1.165, 1.54) is 0 Å². The minimum Gasteiger partial charge on any atom is -0.462 e. The summed E-state index contributed by atoms with van der Waals surface area (Å²) in [5.74, 6) is -2.42. The number of imide groups is 1. The largest absolute Gasteiger partial charge is 0.462 e. The summed E-state index contributed by atoms with van der Waals surface area (Å²) in [5.41, 5.74) is 7.74. The Bertz CT molecular complexity index is 554. The predicted octanol–water partition coefficient (Wildman–Crippen LogP) is 0.124. The van der Waals surface area contributed by atoms with Crippen molar-refractivity contribution < 1.29 is 19.1 Å². The fraction of sp³-hybridized carbons (Fsp3) is 0.308. The average Bonchev–Trinajstić information content (AvgIpc) is 2.45. The number of rotatable bonds is 1. The Kier molecular flexibility index (Phi) is 3.62. The first-order chi connectivity index (χ1) is 9.08. The maximum atomic E-state index is 11.9. The summed E-state index contributed by atoms with van der Waals surface area (Å²) in [6, 6.07) is 5.21. The van der Waals surface area contributed by atoms with Gasteiger partial charge in [-0.3, -0.25) is 9.59 Å². The molecule has 100 valence electrons. The third-order valence-electron chi connectivity index (χ3n) is 3.04. The topological polar surface area (TPSA) is 89.7 Å². The number of nitrogens with two attached hydrogens (primary N) is 1. The first-order valence-corrected chi connectivity index (χ1v) is 5.85. The van der Waals surface area contributed by atoms with Crippen LogP contribution in [0.1, 0.15) is 17.5 Å². The van der Waals surface area contributed by atoms with Crippen LogP contribution in [0.4, 0.5) is 5.69 Å². The van der Waals surface area contributed by atoms with E-state index in [2.05, 4.69) is 4.74 Å². The summed E-state index contributed by atoms with van der Waals surface area (Å²) in [4.78, 5) is 35.9. The van der Waals surface area contributed by atoms with E-state index in [1.807, 2.05) is 6.07 Å². The molecule has 1 aliphatic heterocycles. The van der Waals surface area contributed by atoms with Crippen LogP contribution in [0.25, 0.3) is 0 Å². The Labute approximate surface area is 110 Å². The van der Waals surface area contributed by atoms with Gasteiger partial charge in [-0.05, 0) is 23.6 Å². The van der Waals surface area contributed by atoms with Crippen LogP contribution in [-0.2, 0) is 32.1 Å². The first kappa shape index (κ1) is 13.2. The second-order valence-electron chi connectivity index (χ2n) is 4.19. The molecule has 6 heteroatoms. The van der Waals surface area contributed by atoms with Gasteiger partial charge in [0.2, 0.25) is 5.91 Å². The van der Waals surface area contributed by atoms with Gasteiger partial charge in [-0.2, -0.15) is 0 Å². The number of carbonyl (C=O) groups excluding carboxylic acids is 3. The van der Waals surface area contributed by atoms with Gasteiger partial charge in [-0.25, -0.2) is 9.69 Å². The van der Waals surface area contributed by atoms with E-state index < -0.39 is 17.8 Å². The molecule has 1 heterocycles. The number of aryl methyl sites for hydroxylation is 1. The highest BCUT2D eigenvalue weighted by molar-refractivity contribution is 6.43. The molecule has 1 aromatic rings. The number of benzene rings is 1. The molecular weight excluding hydrogens is 248 g/mol. The van der Waals surface area contributed by atoms with Crippen molar-refractivity contribution in [3.63, 3.8) is 0 Å². The van der Waals surface area contributed by atoms with Crippen LogP contribution in [0.5, 0.6) is 0 Å². The van der Waals surface area contributed by atoms with Crippen molar-refractivity contribution in [1.82, 2.24) is 0 Å². The molecule has 0 fully saturated rings. The SMILES string of the molecule is COC(=O)C(=O)N1C(=O)CCc2cc(CN)ccc21. The number of anilines is 1. The van der Waals surface area contributed by atoms with Gasteiger partial charge in [0, 0.05) is 13.0 Å². The lowest BCUT2D eigenvalue weighted by molar-refractivity contribution is -0.152. The molecule has 0 bridgehead atoms. The van der Waals surface area contributed by atoms with Crippen LogP contribution in [0.15, 0.2) is 18.2 Å². The second kappa shape index (κ2) is 5.19. The normalized spacial score (nSPS) is 14.0. The Balaban J connectivity index is 2.44. The number of carbonyl (C=O) groups is 3. The molecule has 6 nitrogen and oxygen atoms in total. The first-order valence-electron chi connectivity index (χ1n) is 5.85. The summed E-state index contributed by atoms with van der Waals surface area (Å²) in [7, 11) is 1.10. The van der Waals surface area contributed by atoms with Crippen LogP contribution < -0.4 is 10.6 Å². The van der Waals surface area contributed by atoms with E-state index in [9.17, 15) is 14.4 Å². The lowest BCUT2D eigenvalue weighted by atomic mass is 9.98. The summed E-state index contributed by atoms with van der Waals surface area (Å²) in [5, 5.41) is 0. The lowest BCUT2D eigenvalue weighted by Crippen LogP contribution is -2.44. The van der Waals surface area contributed by atoms with Crippen LogP contribution in [0, 0.1) is 0 Å². The van der Waals surface area contributed by atoms with Gasteiger partial charge in [-0.1, -0.05) is 12.1 Å². The van der Waals surface area contributed by atoms with Crippen LogP contribution >= 0.6 is 0 Å². The van der Waals surface area contributed by atoms with Gasteiger partial charge in [0.15, 0.2) is 0 Å². The van der Waals surface area contributed by atoms with Crippen LogP contribution in [-0.4, -0.2) is 24.9 Å². The average molecular weight is 262 g/mol. The molecule has 19 heavy (non-hydrogen) atoms. The van der Waals surface area contributed by atoms with Gasteiger partial charge >= 0.3 is 11.9 Å². The number of hydrogen-bond acceptors (Lipinski definition) is 5. The van der Waals surface area contributed by atoms with Crippen LogP contribution in [0.3, 0.4) is 0 Å². The molecule has 0 radical (unpaired) electrons. The standard InChI is InChI=1S/C13H14N2O4/c1-19-13(18)12(17)15-10-4-2-8(7-14)6-9(10)3-5-11(15)16/h2,4,6H,3,5,7,14H2,1H3. The van der Waals surface area contributed by atoms with E-state index in [0.717, 1.165) is 23.1 Å². The maximum Gasteiger partial charge on any atom is 0.397 e. The molecule has 2 amide bonds. The molecule has 0 atom stereocenters. The molecule has 2 rings (SSSR count). The fourth-order valence-corrected chi connectivity index (χ4v) is 2.07. The molecule has 0 spiro atoms. The highest BCUT2D eigenvalue weighted by Crippen LogP contribution is 2.29. The molecule has 0 aliphatic carbocycles. The van der Waals surface area contributed by atoms with E-state index in [1.54, 1.807) is 12.1 Å². The number of nitrogens with zero attached hydrogens (tertiary/aromatic N) is 1. The monoisotopic (exact) mass is 262 g/mol. The number of esters is 1. The van der Waals surface area contributed by atoms with Gasteiger partial charge in [0.1, 0.15) is 0 Å². The predicted molar refractivity (Wildman–Crippen MR) is 67.2 cm³/mol. The zero-order valence-corrected chi connectivity index (χ0v) is 10.5. The Hall–Kier alpha value is -2.21. The van der Waals surface area contributed by atoms with E-state index in [4.69, 9.17) is 5.73 Å².